The first-order valence-corrected chi connectivity index (χ1v) is 2.68. The van der Waals surface area contributed by atoms with Gasteiger partial charge in [0.15, 0.2) is 0 Å². The van der Waals surface area contributed by atoms with Crippen molar-refractivity contribution in [1.82, 2.24) is 0 Å². The van der Waals surface area contributed by atoms with Crippen LogP contribution < -0.4 is 0 Å². The second-order valence-corrected chi connectivity index (χ2v) is 1.80. The minimum absolute atomic E-state index is 0. The third-order valence-electron chi connectivity index (χ3n) is 0. The van der Waals surface area contributed by atoms with Gasteiger partial charge in [-0.15, -0.1) is 0 Å². The molecule has 0 bridgehead atoms. The Balaban J connectivity index is -0.0000000267. The molecule has 0 heterocycles. The van der Waals surface area contributed by atoms with Crippen molar-refractivity contribution in [3.8, 4) is 0 Å². The quantitative estimate of drug-likeness (QED) is 0.330. The predicted molar refractivity (Wildman–Crippen MR) is 21.1 cm³/mol. The van der Waals surface area contributed by atoms with Crippen LogP contribution in [0.1, 0.15) is 0 Å². The molecule has 0 unspecified atom stereocenters. The van der Waals surface area contributed by atoms with E-state index in [0.29, 0.717) is 0 Å². The van der Waals surface area contributed by atoms with Gasteiger partial charge in [-0.3, -0.25) is 0 Å². The molecule has 0 aliphatic carbocycles. The molecule has 0 aromatic rings. The number of hydrogen-bond donors (Lipinski definition) is 4. The van der Waals surface area contributed by atoms with E-state index in [1.807, 2.05) is 0 Å². The molecule has 40 valence electrons. The van der Waals surface area contributed by atoms with Crippen molar-refractivity contribution in [2.75, 3.05) is 0 Å². The summed E-state index contributed by atoms with van der Waals surface area (Å²) < 4.78 is 0. The summed E-state index contributed by atoms with van der Waals surface area (Å²) >= 11 is 0. The topological polar surface area (TPSA) is 109 Å². The number of rotatable bonds is 0. The Morgan fingerprint density at radius 2 is 0.875 bits per heavy atom. The van der Waals surface area contributed by atoms with Crippen molar-refractivity contribution < 1.29 is 50.9 Å². The fourth-order valence-corrected chi connectivity index (χ4v) is 0. The first-order valence-electron chi connectivity index (χ1n) is 0.894. The molecule has 0 rings (SSSR count). The zero-order valence-electron chi connectivity index (χ0n) is 3.77. The molecule has 0 aromatic carbocycles. The molecule has 0 aliphatic heterocycles. The zero-order chi connectivity index (χ0) is 4.50. The summed E-state index contributed by atoms with van der Waals surface area (Å²) in [5.74, 6) is 0. The van der Waals surface area contributed by atoms with Gasteiger partial charge >= 0.3 is 52.6 Å². The van der Waals surface area contributed by atoms with Crippen molar-refractivity contribution in [3.63, 3.8) is 0 Å². The average molecular weight is 230 g/mol. The molecule has 5 nitrogen and oxygen atoms in total. The van der Waals surface area contributed by atoms with Crippen LogP contribution in [0, 0.1) is 0 Å². The first-order chi connectivity index (χ1) is 2.00. The van der Waals surface area contributed by atoms with Crippen LogP contribution in [0.25, 0.3) is 0 Å². The van der Waals surface area contributed by atoms with E-state index in [4.69, 9.17) is 19.2 Å². The summed E-state index contributed by atoms with van der Waals surface area (Å²) in [5.41, 5.74) is 0. The van der Waals surface area contributed by atoms with Crippen molar-refractivity contribution in [2.45, 2.75) is 0 Å². The van der Waals surface area contributed by atoms with E-state index < -0.39 is 9.05 Å². The monoisotopic (exact) mass is 229 g/mol. The summed E-state index contributed by atoms with van der Waals surface area (Å²) in [6.45, 7) is 0. The fraction of sp³-hybridized carbons (Fsp3) is 0. The fourth-order valence-electron chi connectivity index (χ4n) is 0. The molecule has 0 radical (unpaired) electrons. The van der Waals surface area contributed by atoms with E-state index in [0.717, 1.165) is 0 Å². The summed E-state index contributed by atoms with van der Waals surface area (Å²) in [7, 11) is -4.61. The van der Waals surface area contributed by atoms with Gasteiger partial charge in [0.1, 0.15) is 0 Å². The van der Waals surface area contributed by atoms with Gasteiger partial charge in [-0.25, -0.2) is 0 Å². The summed E-state index contributed by atoms with van der Waals surface area (Å²) in [6.07, 6.45) is 0. The largest absolute Gasteiger partial charge is 4.00 e. The van der Waals surface area contributed by atoms with Crippen molar-refractivity contribution in [1.29, 1.82) is 0 Å². The summed E-state index contributed by atoms with van der Waals surface area (Å²) in [5, 5.41) is 0. The maximum absolute atomic E-state index is 7.33. The molecular weight excluding hydrogens is 226 g/mol. The van der Waals surface area contributed by atoms with Crippen LogP contribution in [-0.4, -0.2) is 45.6 Å². The molecule has 0 spiro atoms. The third kappa shape index (κ3) is 150. The molecule has 0 fully saturated rings. The Bertz CT molecular complexity index is 27.9. The Morgan fingerprint density at radius 1 is 0.875 bits per heavy atom. The smallest absolute Gasteiger partial charge is 2.00 e. The van der Waals surface area contributed by atoms with Crippen molar-refractivity contribution in [2.24, 2.45) is 0 Å². The van der Waals surface area contributed by atoms with Gasteiger partial charge in [-0.1, -0.05) is 0 Å². The maximum Gasteiger partial charge on any atom is 4.00 e. The molecule has 4 N–H and O–H groups in total. The van der Waals surface area contributed by atoms with E-state index in [-0.39, 0.29) is 49.0 Å². The SMILES string of the molecule is O[Si](O)(O)O.[Al+3].[O-2].[Zr+4]. The summed E-state index contributed by atoms with van der Waals surface area (Å²) in [4.78, 5) is 29.3. The third-order valence-corrected chi connectivity index (χ3v) is 0. The van der Waals surface area contributed by atoms with E-state index in [1.54, 1.807) is 0 Å². The normalized spacial score (nSPS) is 7.50. The minimum Gasteiger partial charge on any atom is -2.00 e. The second-order valence-electron chi connectivity index (χ2n) is 0.600. The molecule has 0 saturated carbocycles. The van der Waals surface area contributed by atoms with Gasteiger partial charge in [0.2, 0.25) is 0 Å². The molecule has 8 heteroatoms. The molecule has 0 atom stereocenters. The minimum atomic E-state index is -4.61. The van der Waals surface area contributed by atoms with Crippen LogP contribution in [0.2, 0.25) is 0 Å². The van der Waals surface area contributed by atoms with Gasteiger partial charge in [-0.2, -0.15) is 0 Å². The molecule has 8 heavy (non-hydrogen) atoms. The standard InChI is InChI=1S/Al.H4O4Si.O.Zr/c;1-5(2,3)4;;/h;1-4H;;/q+3;;-2;+4. The Morgan fingerprint density at radius 3 is 0.875 bits per heavy atom. The Hall–Kier alpha value is 1.43. The van der Waals surface area contributed by atoms with Crippen molar-refractivity contribution in [3.05, 3.63) is 0 Å². The molecular formula is H4AlO5SiZr+5. The second kappa shape index (κ2) is 8.43. The average Bonchev–Trinajstić information content (AvgIpc) is 0.722. The van der Waals surface area contributed by atoms with E-state index in [1.165, 1.54) is 0 Å². The maximum atomic E-state index is 7.33. The Labute approximate surface area is 77.0 Å². The van der Waals surface area contributed by atoms with Gasteiger partial charge < -0.3 is 24.7 Å². The van der Waals surface area contributed by atoms with Crippen molar-refractivity contribution >= 4 is 26.4 Å². The zero-order valence-corrected chi connectivity index (χ0v) is 8.39. The van der Waals surface area contributed by atoms with E-state index >= 15 is 0 Å². The van der Waals surface area contributed by atoms with Crippen LogP contribution in [0.15, 0.2) is 0 Å². The van der Waals surface area contributed by atoms with Crippen LogP contribution in [-0.2, 0) is 31.7 Å². The van der Waals surface area contributed by atoms with Gasteiger partial charge in [0.25, 0.3) is 0 Å². The molecule has 0 aromatic heterocycles. The van der Waals surface area contributed by atoms with Crippen LogP contribution >= 0.6 is 0 Å². The summed E-state index contributed by atoms with van der Waals surface area (Å²) in [6, 6.07) is 0. The molecule has 0 aliphatic rings. The van der Waals surface area contributed by atoms with Gasteiger partial charge in [0, 0.05) is 0 Å². The van der Waals surface area contributed by atoms with Gasteiger partial charge in [0.05, 0.1) is 0 Å². The molecule has 0 amide bonds. The first kappa shape index (κ1) is 22.7. The van der Waals surface area contributed by atoms with E-state index in [9.17, 15) is 0 Å². The Kier molecular flexibility index (Phi) is 24.0. The number of hydrogen-bond acceptors (Lipinski definition) is 4. The van der Waals surface area contributed by atoms with Crippen LogP contribution in [0.4, 0.5) is 0 Å². The molecule has 0 saturated heterocycles. The van der Waals surface area contributed by atoms with Crippen LogP contribution in [0.5, 0.6) is 0 Å². The van der Waals surface area contributed by atoms with Crippen LogP contribution in [0.3, 0.4) is 0 Å². The van der Waals surface area contributed by atoms with Gasteiger partial charge in [-0.05, 0) is 0 Å². The predicted octanol–water partition coefficient (Wildman–Crippen LogP) is -3.11. The van der Waals surface area contributed by atoms with E-state index in [2.05, 4.69) is 0 Å².